The molecule has 0 spiro atoms. The van der Waals surface area contributed by atoms with Crippen molar-refractivity contribution in [1.82, 2.24) is 0 Å². The number of alkyl halides is 1. The van der Waals surface area contributed by atoms with E-state index < -0.39 is 5.97 Å². The Hall–Kier alpha value is -0.310. The minimum absolute atomic E-state index is 0.328. The van der Waals surface area contributed by atoms with Gasteiger partial charge in [-0.1, -0.05) is 60.2 Å². The van der Waals surface area contributed by atoms with Crippen LogP contribution in [0.2, 0.25) is 0 Å². The molecule has 0 unspecified atom stereocenters. The number of halogens is 1. The van der Waals surface area contributed by atoms with Gasteiger partial charge in [0.1, 0.15) is 0 Å². The molecule has 0 saturated heterocycles. The van der Waals surface area contributed by atoms with Gasteiger partial charge in [-0.3, -0.25) is 4.79 Å². The van der Waals surface area contributed by atoms with Gasteiger partial charge in [0, 0.05) is 11.8 Å². The van der Waals surface area contributed by atoms with E-state index in [4.69, 9.17) is 5.11 Å². The van der Waals surface area contributed by atoms with E-state index in [9.17, 15) is 4.79 Å². The third-order valence-electron chi connectivity index (χ3n) is 3.18. The molecule has 0 heterocycles. The maximum Gasteiger partial charge on any atom is 0.303 e. The molecule has 0 fully saturated rings. The van der Waals surface area contributed by atoms with Crippen LogP contribution in [0.3, 0.4) is 0 Å². The maximum atomic E-state index is 10.3. The van der Waals surface area contributed by atoms with E-state index in [2.05, 4.69) is 28.1 Å². The molecule has 0 aliphatic rings. The Morgan fingerprint density at radius 1 is 0.789 bits per heavy atom. The summed E-state index contributed by atoms with van der Waals surface area (Å²) in [6.07, 6.45) is 18.2. The fourth-order valence-corrected chi connectivity index (χ4v) is 2.41. The van der Waals surface area contributed by atoms with E-state index in [1.54, 1.807) is 0 Å². The molecule has 112 valence electrons. The molecule has 0 atom stereocenters. The van der Waals surface area contributed by atoms with Crippen LogP contribution in [-0.4, -0.2) is 16.4 Å². The van der Waals surface area contributed by atoms with Gasteiger partial charge in [0.15, 0.2) is 0 Å². The average molecular weight is 333 g/mol. The lowest BCUT2D eigenvalue weighted by atomic mass is 10.1. The van der Waals surface area contributed by atoms with Crippen LogP contribution in [0.5, 0.6) is 0 Å². The summed E-state index contributed by atoms with van der Waals surface area (Å²) >= 11 is 3.45. The Labute approximate surface area is 126 Å². The number of carboxylic acids is 1. The first kappa shape index (κ1) is 18.7. The average Bonchev–Trinajstić information content (AvgIpc) is 2.39. The van der Waals surface area contributed by atoms with Gasteiger partial charge in [0.05, 0.1) is 0 Å². The monoisotopic (exact) mass is 332 g/mol. The van der Waals surface area contributed by atoms with Gasteiger partial charge in [-0.05, 0) is 38.5 Å². The lowest BCUT2D eigenvalue weighted by Gasteiger charge is -1.98. The number of hydrogen-bond acceptors (Lipinski definition) is 1. The second kappa shape index (κ2) is 15.7. The van der Waals surface area contributed by atoms with Crippen molar-refractivity contribution < 1.29 is 9.90 Å². The molecule has 0 aliphatic heterocycles. The molecule has 0 saturated carbocycles. The summed E-state index contributed by atoms with van der Waals surface area (Å²) in [5.41, 5.74) is 0. The van der Waals surface area contributed by atoms with E-state index >= 15 is 0 Å². The first-order valence-corrected chi connectivity index (χ1v) is 8.82. The van der Waals surface area contributed by atoms with E-state index in [1.165, 1.54) is 57.8 Å². The van der Waals surface area contributed by atoms with Gasteiger partial charge in [-0.15, -0.1) is 0 Å². The van der Waals surface area contributed by atoms with Gasteiger partial charge in [0.25, 0.3) is 0 Å². The van der Waals surface area contributed by atoms with Crippen molar-refractivity contribution in [1.29, 1.82) is 0 Å². The van der Waals surface area contributed by atoms with Crippen LogP contribution < -0.4 is 0 Å². The van der Waals surface area contributed by atoms with Crippen LogP contribution in [0.15, 0.2) is 12.2 Å². The number of unbranched alkanes of at least 4 members (excludes halogenated alkanes) is 9. The molecule has 0 aromatic carbocycles. The van der Waals surface area contributed by atoms with Crippen LogP contribution in [0.4, 0.5) is 0 Å². The van der Waals surface area contributed by atoms with Crippen molar-refractivity contribution >= 4 is 21.9 Å². The molecule has 2 nitrogen and oxygen atoms in total. The lowest BCUT2D eigenvalue weighted by molar-refractivity contribution is -0.137. The SMILES string of the molecule is O=C(O)CCCCCCC/C=C/CCCCCCBr. The zero-order valence-corrected chi connectivity index (χ0v) is 13.7. The van der Waals surface area contributed by atoms with Crippen LogP contribution in [-0.2, 0) is 4.79 Å². The molecule has 0 radical (unpaired) electrons. The number of rotatable bonds is 14. The third-order valence-corrected chi connectivity index (χ3v) is 3.74. The Kier molecular flexibility index (Phi) is 15.5. The highest BCUT2D eigenvalue weighted by Gasteiger charge is 1.95. The van der Waals surface area contributed by atoms with Gasteiger partial charge in [-0.2, -0.15) is 0 Å². The molecule has 0 aliphatic carbocycles. The summed E-state index contributed by atoms with van der Waals surface area (Å²) < 4.78 is 0. The summed E-state index contributed by atoms with van der Waals surface area (Å²) in [5, 5.41) is 9.63. The number of aliphatic carboxylic acids is 1. The molecule has 0 aromatic rings. The number of hydrogen-bond donors (Lipinski definition) is 1. The number of carbonyl (C=O) groups is 1. The van der Waals surface area contributed by atoms with E-state index in [0.29, 0.717) is 6.42 Å². The topological polar surface area (TPSA) is 37.3 Å². The van der Waals surface area contributed by atoms with Crippen molar-refractivity contribution in [2.75, 3.05) is 5.33 Å². The smallest absolute Gasteiger partial charge is 0.303 e. The zero-order chi connectivity index (χ0) is 14.2. The number of carboxylic acid groups (broad SMARTS) is 1. The van der Waals surface area contributed by atoms with Gasteiger partial charge in [0.2, 0.25) is 0 Å². The highest BCUT2D eigenvalue weighted by atomic mass is 79.9. The lowest BCUT2D eigenvalue weighted by Crippen LogP contribution is -1.93. The predicted molar refractivity (Wildman–Crippen MR) is 86.0 cm³/mol. The highest BCUT2D eigenvalue weighted by Crippen LogP contribution is 2.09. The zero-order valence-electron chi connectivity index (χ0n) is 12.1. The molecular weight excluding hydrogens is 304 g/mol. The van der Waals surface area contributed by atoms with E-state index in [1.807, 2.05) is 0 Å². The molecule has 19 heavy (non-hydrogen) atoms. The Bertz CT molecular complexity index is 227. The summed E-state index contributed by atoms with van der Waals surface area (Å²) in [4.78, 5) is 10.3. The van der Waals surface area contributed by atoms with Crippen molar-refractivity contribution in [3.05, 3.63) is 12.2 Å². The molecule has 0 bridgehead atoms. The third kappa shape index (κ3) is 17.7. The van der Waals surface area contributed by atoms with Crippen LogP contribution in [0, 0.1) is 0 Å². The van der Waals surface area contributed by atoms with Crippen molar-refractivity contribution in [2.24, 2.45) is 0 Å². The largest absolute Gasteiger partial charge is 0.481 e. The molecule has 0 rings (SSSR count). The molecular formula is C16H29BrO2. The van der Waals surface area contributed by atoms with E-state index in [-0.39, 0.29) is 0 Å². The normalized spacial score (nSPS) is 11.2. The predicted octanol–water partition coefficient (Wildman–Crippen LogP) is 5.70. The van der Waals surface area contributed by atoms with Crippen molar-refractivity contribution in [2.45, 2.75) is 77.0 Å². The van der Waals surface area contributed by atoms with Gasteiger partial charge >= 0.3 is 5.97 Å². The quantitative estimate of drug-likeness (QED) is 0.251. The minimum atomic E-state index is -0.668. The van der Waals surface area contributed by atoms with Crippen LogP contribution >= 0.6 is 15.9 Å². The first-order valence-electron chi connectivity index (χ1n) is 7.70. The number of allylic oxidation sites excluding steroid dienone is 2. The summed E-state index contributed by atoms with van der Waals surface area (Å²) in [6.45, 7) is 0. The maximum absolute atomic E-state index is 10.3. The Morgan fingerprint density at radius 3 is 1.79 bits per heavy atom. The van der Waals surface area contributed by atoms with Gasteiger partial charge in [-0.25, -0.2) is 0 Å². The summed E-state index contributed by atoms with van der Waals surface area (Å²) in [7, 11) is 0. The molecule has 3 heteroatoms. The molecule has 1 N–H and O–H groups in total. The van der Waals surface area contributed by atoms with Crippen molar-refractivity contribution in [3.8, 4) is 0 Å². The standard InChI is InChI=1S/C16H29BrO2/c17-15-13-11-9-7-5-3-1-2-4-6-8-10-12-14-16(18)19/h1,3H,2,4-15H2,(H,18,19)/b3-1+. The highest BCUT2D eigenvalue weighted by molar-refractivity contribution is 9.09. The molecule has 0 amide bonds. The Morgan fingerprint density at radius 2 is 1.26 bits per heavy atom. The summed E-state index contributed by atoms with van der Waals surface area (Å²) in [6, 6.07) is 0. The minimum Gasteiger partial charge on any atom is -0.481 e. The fraction of sp³-hybridized carbons (Fsp3) is 0.812. The second-order valence-electron chi connectivity index (χ2n) is 5.06. The van der Waals surface area contributed by atoms with E-state index in [0.717, 1.165) is 18.2 Å². The van der Waals surface area contributed by atoms with Gasteiger partial charge < -0.3 is 5.11 Å². The van der Waals surface area contributed by atoms with Crippen LogP contribution in [0.25, 0.3) is 0 Å². The first-order chi connectivity index (χ1) is 9.27. The second-order valence-corrected chi connectivity index (χ2v) is 5.86. The van der Waals surface area contributed by atoms with Crippen LogP contribution in [0.1, 0.15) is 77.0 Å². The fourth-order valence-electron chi connectivity index (χ4n) is 2.01. The summed E-state index contributed by atoms with van der Waals surface area (Å²) in [5.74, 6) is -0.668. The Balaban J connectivity index is 3.06. The van der Waals surface area contributed by atoms with Crippen molar-refractivity contribution in [3.63, 3.8) is 0 Å². The molecule has 0 aromatic heterocycles.